The first-order chi connectivity index (χ1) is 12.8. The SMILES string of the molecule is CC(C)(C)OC(=O)N1CCN(c2ccc(NC(=O)CCCCBr)cc2)CC1. The van der Waals surface area contributed by atoms with Crippen LogP contribution in [-0.2, 0) is 9.53 Å². The zero-order valence-electron chi connectivity index (χ0n) is 16.5. The molecule has 0 bridgehead atoms. The van der Waals surface area contributed by atoms with E-state index in [9.17, 15) is 9.59 Å². The van der Waals surface area contributed by atoms with Crippen molar-refractivity contribution >= 4 is 39.3 Å². The highest BCUT2D eigenvalue weighted by Gasteiger charge is 2.25. The molecule has 27 heavy (non-hydrogen) atoms. The van der Waals surface area contributed by atoms with Crippen LogP contribution in [0.25, 0.3) is 0 Å². The molecule has 2 amide bonds. The van der Waals surface area contributed by atoms with Crippen molar-refractivity contribution in [3.05, 3.63) is 24.3 Å². The van der Waals surface area contributed by atoms with Gasteiger partial charge in [-0.25, -0.2) is 4.79 Å². The lowest BCUT2D eigenvalue weighted by atomic mass is 10.2. The Hall–Kier alpha value is -1.76. The number of alkyl halides is 1. The quantitative estimate of drug-likeness (QED) is 0.531. The van der Waals surface area contributed by atoms with E-state index in [2.05, 4.69) is 26.1 Å². The molecule has 6 nitrogen and oxygen atoms in total. The molecule has 2 rings (SSSR count). The monoisotopic (exact) mass is 439 g/mol. The van der Waals surface area contributed by atoms with Crippen molar-refractivity contribution in [2.24, 2.45) is 0 Å². The first-order valence-corrected chi connectivity index (χ1v) is 10.6. The van der Waals surface area contributed by atoms with Gasteiger partial charge in [0.05, 0.1) is 0 Å². The highest BCUT2D eigenvalue weighted by Crippen LogP contribution is 2.20. The van der Waals surface area contributed by atoms with E-state index in [1.165, 1.54) is 0 Å². The van der Waals surface area contributed by atoms with Crippen molar-refractivity contribution in [2.45, 2.75) is 45.6 Å². The van der Waals surface area contributed by atoms with Gasteiger partial charge in [-0.05, 0) is 57.9 Å². The van der Waals surface area contributed by atoms with E-state index >= 15 is 0 Å². The third-order valence-corrected chi connectivity index (χ3v) is 4.80. The van der Waals surface area contributed by atoms with Crippen LogP contribution >= 0.6 is 15.9 Å². The summed E-state index contributed by atoms with van der Waals surface area (Å²) >= 11 is 3.37. The standard InChI is InChI=1S/C20H30BrN3O3/c1-20(2,3)27-19(26)24-14-12-23(13-15-24)17-9-7-16(8-10-17)22-18(25)6-4-5-11-21/h7-10H,4-6,11-15H2,1-3H3,(H,22,25). The molecule has 150 valence electrons. The number of rotatable bonds is 6. The number of halogens is 1. The zero-order chi connectivity index (χ0) is 19.9. The van der Waals surface area contributed by atoms with Gasteiger partial charge >= 0.3 is 6.09 Å². The molecule has 7 heteroatoms. The van der Waals surface area contributed by atoms with E-state index in [1.807, 2.05) is 45.0 Å². The molecule has 1 saturated heterocycles. The molecular weight excluding hydrogens is 410 g/mol. The summed E-state index contributed by atoms with van der Waals surface area (Å²) in [6.45, 7) is 8.44. The Morgan fingerprint density at radius 1 is 1.07 bits per heavy atom. The Kier molecular flexibility index (Phi) is 7.95. The summed E-state index contributed by atoms with van der Waals surface area (Å²) in [5, 5.41) is 3.86. The normalized spacial score (nSPS) is 14.8. The molecular formula is C20H30BrN3O3. The minimum absolute atomic E-state index is 0.0506. The van der Waals surface area contributed by atoms with E-state index in [0.717, 1.165) is 42.6 Å². The molecule has 1 N–H and O–H groups in total. The Morgan fingerprint density at radius 2 is 1.70 bits per heavy atom. The van der Waals surface area contributed by atoms with Crippen molar-refractivity contribution < 1.29 is 14.3 Å². The van der Waals surface area contributed by atoms with Crippen LogP contribution in [0.1, 0.15) is 40.0 Å². The maximum Gasteiger partial charge on any atom is 0.410 e. The molecule has 1 aliphatic heterocycles. The Balaban J connectivity index is 1.81. The first-order valence-electron chi connectivity index (χ1n) is 9.47. The molecule has 1 aliphatic rings. The highest BCUT2D eigenvalue weighted by atomic mass is 79.9. The van der Waals surface area contributed by atoms with Crippen molar-refractivity contribution in [2.75, 3.05) is 41.7 Å². The lowest BCUT2D eigenvalue weighted by molar-refractivity contribution is -0.116. The fraction of sp³-hybridized carbons (Fsp3) is 0.600. The predicted molar refractivity (Wildman–Crippen MR) is 113 cm³/mol. The predicted octanol–water partition coefficient (Wildman–Crippen LogP) is 4.25. The number of unbranched alkanes of at least 4 members (excludes halogenated alkanes) is 1. The fourth-order valence-electron chi connectivity index (χ4n) is 2.83. The summed E-state index contributed by atoms with van der Waals surface area (Å²) in [5.74, 6) is 0.0506. The molecule has 0 aromatic heterocycles. The lowest BCUT2D eigenvalue weighted by Gasteiger charge is -2.36. The molecule has 1 aromatic carbocycles. The number of piperazine rings is 1. The summed E-state index contributed by atoms with van der Waals surface area (Å²) in [6.07, 6.45) is 2.18. The molecule has 0 aliphatic carbocycles. The van der Waals surface area contributed by atoms with Gasteiger partial charge in [0.25, 0.3) is 0 Å². The van der Waals surface area contributed by atoms with E-state index in [-0.39, 0.29) is 12.0 Å². The summed E-state index contributed by atoms with van der Waals surface area (Å²) in [7, 11) is 0. The van der Waals surface area contributed by atoms with Gasteiger partial charge < -0.3 is 19.9 Å². The van der Waals surface area contributed by atoms with E-state index in [1.54, 1.807) is 4.90 Å². The molecule has 0 spiro atoms. The van der Waals surface area contributed by atoms with Crippen molar-refractivity contribution in [3.8, 4) is 0 Å². The number of hydrogen-bond donors (Lipinski definition) is 1. The van der Waals surface area contributed by atoms with E-state index in [0.29, 0.717) is 19.5 Å². The molecule has 0 radical (unpaired) electrons. The van der Waals surface area contributed by atoms with Crippen LogP contribution in [0.2, 0.25) is 0 Å². The first kappa shape index (κ1) is 21.5. The number of nitrogens with zero attached hydrogens (tertiary/aromatic N) is 2. The number of hydrogen-bond acceptors (Lipinski definition) is 4. The Bertz CT molecular complexity index is 620. The van der Waals surface area contributed by atoms with Crippen molar-refractivity contribution in [1.82, 2.24) is 4.90 Å². The van der Waals surface area contributed by atoms with Gasteiger partial charge in [-0.2, -0.15) is 0 Å². The second-order valence-electron chi connectivity index (χ2n) is 7.70. The summed E-state index contributed by atoms with van der Waals surface area (Å²) in [4.78, 5) is 28.0. The summed E-state index contributed by atoms with van der Waals surface area (Å²) < 4.78 is 5.43. The number of anilines is 2. The number of amides is 2. The second-order valence-corrected chi connectivity index (χ2v) is 8.49. The number of nitrogens with one attached hydrogen (secondary N) is 1. The maximum absolute atomic E-state index is 12.1. The summed E-state index contributed by atoms with van der Waals surface area (Å²) in [6, 6.07) is 7.88. The van der Waals surface area contributed by atoms with Gasteiger partial charge in [0.1, 0.15) is 5.60 Å². The topological polar surface area (TPSA) is 61.9 Å². The average molecular weight is 440 g/mol. The molecule has 0 unspecified atom stereocenters. The van der Waals surface area contributed by atoms with Crippen molar-refractivity contribution in [3.63, 3.8) is 0 Å². The van der Waals surface area contributed by atoms with Crippen LogP contribution in [0.4, 0.5) is 16.2 Å². The highest BCUT2D eigenvalue weighted by molar-refractivity contribution is 9.09. The Labute approximate surface area is 170 Å². The lowest BCUT2D eigenvalue weighted by Crippen LogP contribution is -2.50. The molecule has 1 aromatic rings. The van der Waals surface area contributed by atoms with E-state index in [4.69, 9.17) is 4.74 Å². The largest absolute Gasteiger partial charge is 0.444 e. The fourth-order valence-corrected chi connectivity index (χ4v) is 3.23. The zero-order valence-corrected chi connectivity index (χ0v) is 18.0. The maximum atomic E-state index is 12.1. The van der Waals surface area contributed by atoms with Gasteiger partial charge in [-0.1, -0.05) is 15.9 Å². The van der Waals surface area contributed by atoms with Gasteiger partial charge in [0.15, 0.2) is 0 Å². The van der Waals surface area contributed by atoms with Crippen LogP contribution in [-0.4, -0.2) is 54.0 Å². The number of carbonyl (C=O) groups excluding carboxylic acids is 2. The number of benzene rings is 1. The molecule has 0 atom stereocenters. The van der Waals surface area contributed by atoms with Crippen LogP contribution in [0.5, 0.6) is 0 Å². The molecule has 0 saturated carbocycles. The Morgan fingerprint density at radius 3 is 2.26 bits per heavy atom. The third kappa shape index (κ3) is 7.40. The summed E-state index contributed by atoms with van der Waals surface area (Å²) in [5.41, 5.74) is 1.44. The van der Waals surface area contributed by atoms with Gasteiger partial charge in [-0.15, -0.1) is 0 Å². The van der Waals surface area contributed by atoms with E-state index < -0.39 is 5.60 Å². The molecule has 1 fully saturated rings. The van der Waals surface area contributed by atoms with Gasteiger partial charge in [0, 0.05) is 49.3 Å². The number of ether oxygens (including phenoxy) is 1. The third-order valence-electron chi connectivity index (χ3n) is 4.24. The van der Waals surface area contributed by atoms with Gasteiger partial charge in [-0.3, -0.25) is 4.79 Å². The second kappa shape index (κ2) is 9.97. The van der Waals surface area contributed by atoms with Gasteiger partial charge in [0.2, 0.25) is 5.91 Å². The average Bonchev–Trinajstić information content (AvgIpc) is 2.61. The minimum Gasteiger partial charge on any atom is -0.444 e. The van der Waals surface area contributed by atoms with Crippen LogP contribution in [0.15, 0.2) is 24.3 Å². The van der Waals surface area contributed by atoms with Crippen LogP contribution in [0, 0.1) is 0 Å². The number of carbonyl (C=O) groups is 2. The van der Waals surface area contributed by atoms with Crippen LogP contribution < -0.4 is 10.2 Å². The molecule has 1 heterocycles. The van der Waals surface area contributed by atoms with Crippen molar-refractivity contribution in [1.29, 1.82) is 0 Å². The van der Waals surface area contributed by atoms with Crippen LogP contribution in [0.3, 0.4) is 0 Å². The smallest absolute Gasteiger partial charge is 0.410 e. The minimum atomic E-state index is -0.470.